The van der Waals surface area contributed by atoms with Gasteiger partial charge in [-0.3, -0.25) is 0 Å². The first-order valence-corrected chi connectivity index (χ1v) is 20.5. The molecule has 0 fully saturated rings. The summed E-state index contributed by atoms with van der Waals surface area (Å²) in [7, 11) is -0.892. The van der Waals surface area contributed by atoms with E-state index in [-0.39, 0.29) is 48.4 Å². The maximum absolute atomic E-state index is 7.50. The molecular weight excluding hydrogens is 969 g/mol. The molecule has 6 rings (SSSR count). The summed E-state index contributed by atoms with van der Waals surface area (Å²) >= 11 is 9.65. The molecule has 6 aromatic carbocycles. The smallest absolute Gasteiger partial charge is 0.0622 e. The monoisotopic (exact) mass is 1020 g/mol. The molecule has 0 saturated carbocycles. The van der Waals surface area contributed by atoms with Crippen LogP contribution in [0, 0.1) is 26.6 Å². The molecule has 0 heterocycles. The molecule has 302 valence electrons. The molecule has 0 N–H and O–H groups in total. The first kappa shape index (κ1) is 61.7. The van der Waals surface area contributed by atoms with Gasteiger partial charge in [0.15, 0.2) is 0 Å². The predicted octanol–water partition coefficient (Wildman–Crippen LogP) is 9.40. The third kappa shape index (κ3) is 30.2. The third-order valence-electron chi connectivity index (χ3n) is 6.09. The van der Waals surface area contributed by atoms with E-state index in [9.17, 15) is 0 Å². The Morgan fingerprint density at radius 1 is 0.293 bits per heavy atom. The molecule has 0 aromatic heterocycles. The fourth-order valence-electron chi connectivity index (χ4n) is 4.36. The molecule has 0 aliphatic heterocycles. The van der Waals surface area contributed by atoms with Gasteiger partial charge in [-0.05, 0) is 47.7 Å². The minimum atomic E-state index is -0.446. The second-order valence-corrected chi connectivity index (χ2v) is 19.8. The molecule has 6 aromatic rings. The maximum atomic E-state index is 7.50. The van der Waals surface area contributed by atoms with Gasteiger partial charge < -0.3 is 25.3 Å². The van der Waals surface area contributed by atoms with E-state index in [0.717, 1.165) is 0 Å². The van der Waals surface area contributed by atoms with Crippen LogP contribution in [-0.4, -0.2) is 9.49 Å². The number of hydrogen-bond donors (Lipinski definition) is 0. The van der Waals surface area contributed by atoms with Crippen molar-refractivity contribution < 1.29 is 57.6 Å². The summed E-state index contributed by atoms with van der Waals surface area (Å²) in [6, 6.07) is 64.7. The van der Waals surface area contributed by atoms with E-state index < -0.39 is 15.8 Å². The molecule has 2 radical (unpaired) electrons. The van der Waals surface area contributed by atoms with Crippen molar-refractivity contribution in [1.82, 2.24) is 0 Å². The molecule has 10 heteroatoms. The van der Waals surface area contributed by atoms with E-state index in [1.807, 2.05) is 41.5 Å². The Morgan fingerprint density at radius 2 is 0.379 bits per heavy atom. The fourth-order valence-corrected chi connectivity index (χ4v) is 8.97. The normalized spacial score (nSPS) is 9.14. The standard InChI is InChI=1S/2C18H15P.2C4H10S.4CO.2Ru/c2*1-4-10-16(11-5-1)19(17-12-6-2-7-13-17)18-14-8-3-9-15-18;2*1-4(2,3)5;4*1-2;;/h2*1-15H;2*5H,1-3H3;;;;;;/q;;;;;;;;2*+1/p-2. The SMILES string of the molecule is CC(C)(C)[S-].CC(C)(C)[S-].[C-]#[O+].[C-]#[O+].[C-]#[O+].[C-]#[O+].[Ru+].[Ru+].c1ccc(P(c2ccccc2)c2ccccc2)cc1.c1ccc(P(c2ccccc2)c2ccccc2)cc1. The van der Waals surface area contributed by atoms with Crippen LogP contribution in [0.2, 0.25) is 0 Å². The van der Waals surface area contributed by atoms with Gasteiger partial charge in [0, 0.05) is 0 Å². The van der Waals surface area contributed by atoms with E-state index in [0.29, 0.717) is 0 Å². The average molecular weight is 1020 g/mol. The Morgan fingerprint density at radius 3 is 0.466 bits per heavy atom. The zero-order valence-electron chi connectivity index (χ0n) is 33.4. The molecule has 0 aliphatic carbocycles. The molecule has 58 heavy (non-hydrogen) atoms. The van der Waals surface area contributed by atoms with E-state index in [2.05, 4.69) is 209 Å². The summed E-state index contributed by atoms with van der Waals surface area (Å²) in [6.45, 7) is 30.0. The van der Waals surface area contributed by atoms with Gasteiger partial charge in [0.25, 0.3) is 0 Å². The molecule has 0 saturated heterocycles. The van der Waals surface area contributed by atoms with Crippen molar-refractivity contribution in [2.45, 2.75) is 51.0 Å². The summed E-state index contributed by atoms with van der Waals surface area (Å²) in [5.41, 5.74) is 0. The predicted molar refractivity (Wildman–Crippen MR) is 240 cm³/mol. The van der Waals surface area contributed by atoms with Crippen molar-refractivity contribution >= 4 is 72.9 Å². The van der Waals surface area contributed by atoms with Crippen LogP contribution in [0.4, 0.5) is 0 Å². The maximum Gasteiger partial charge on any atom is 1.00 e. The van der Waals surface area contributed by atoms with Crippen LogP contribution in [0.5, 0.6) is 0 Å². The summed E-state index contributed by atoms with van der Waals surface area (Å²) < 4.78 is 30.2. The average Bonchev–Trinajstić information content (AvgIpc) is 3.23. The summed E-state index contributed by atoms with van der Waals surface area (Å²) in [5, 5.41) is 8.39. The van der Waals surface area contributed by atoms with Crippen LogP contribution in [0.15, 0.2) is 182 Å². The Hall–Kier alpha value is -2.91. The van der Waals surface area contributed by atoms with Crippen LogP contribution in [0.3, 0.4) is 0 Å². The van der Waals surface area contributed by atoms with Crippen molar-refractivity contribution in [1.29, 1.82) is 0 Å². The van der Waals surface area contributed by atoms with Gasteiger partial charge in [0.2, 0.25) is 0 Å². The van der Waals surface area contributed by atoms with Gasteiger partial charge in [0.1, 0.15) is 0 Å². The van der Waals surface area contributed by atoms with Gasteiger partial charge in [-0.1, -0.05) is 224 Å². The fraction of sp³-hybridized carbons (Fsp3) is 0.167. The molecule has 0 aliphatic rings. The van der Waals surface area contributed by atoms with Crippen LogP contribution in [0.25, 0.3) is 0 Å². The van der Waals surface area contributed by atoms with Gasteiger partial charge in [0.05, 0.1) is 0 Å². The van der Waals surface area contributed by atoms with Crippen LogP contribution < -0.4 is 31.8 Å². The quantitative estimate of drug-likeness (QED) is 0.0549. The van der Waals surface area contributed by atoms with Gasteiger partial charge in [-0.15, -0.1) is 0 Å². The Kier molecular flexibility index (Phi) is 40.8. The van der Waals surface area contributed by atoms with E-state index in [1.54, 1.807) is 0 Å². The van der Waals surface area contributed by atoms with Crippen LogP contribution >= 0.6 is 15.8 Å². The second-order valence-electron chi connectivity index (χ2n) is 12.9. The topological polar surface area (TPSA) is 79.6 Å². The number of rotatable bonds is 6. The number of hydrogen-bond acceptors (Lipinski definition) is 2. The number of benzene rings is 6. The van der Waals surface area contributed by atoms with E-state index in [4.69, 9.17) is 43.9 Å². The summed E-state index contributed by atoms with van der Waals surface area (Å²) in [4.78, 5) is 0. The Bertz CT molecular complexity index is 1530. The van der Waals surface area contributed by atoms with Crippen molar-refractivity contribution in [2.24, 2.45) is 0 Å². The first-order chi connectivity index (χ1) is 26.9. The van der Waals surface area contributed by atoms with Crippen molar-refractivity contribution in [3.8, 4) is 0 Å². The van der Waals surface area contributed by atoms with Crippen LogP contribution in [0.1, 0.15) is 41.5 Å². The zero-order chi connectivity index (χ0) is 42.8. The minimum absolute atomic E-state index is 0. The Balaban J connectivity index is -0.000000351. The minimum Gasteiger partial charge on any atom is -0.0622 e. The zero-order valence-corrected chi connectivity index (χ0v) is 40.3. The van der Waals surface area contributed by atoms with Crippen LogP contribution in [-0.2, 0) is 82.8 Å². The second kappa shape index (κ2) is 38.3. The summed E-state index contributed by atoms with van der Waals surface area (Å²) in [6.07, 6.45) is 0. The van der Waals surface area contributed by atoms with Gasteiger partial charge in [-0.2, -0.15) is 9.49 Å². The molecule has 0 amide bonds. The molecule has 0 unspecified atom stereocenters. The molecule has 0 spiro atoms. The van der Waals surface area contributed by atoms with Gasteiger partial charge >= 0.3 is 84.2 Å². The molecule has 0 atom stereocenters. The van der Waals surface area contributed by atoms with E-state index >= 15 is 0 Å². The Labute approximate surface area is 387 Å². The molecule has 4 nitrogen and oxygen atoms in total. The van der Waals surface area contributed by atoms with Crippen molar-refractivity contribution in [2.75, 3.05) is 0 Å². The van der Waals surface area contributed by atoms with Crippen molar-refractivity contribution in [3.63, 3.8) is 0 Å². The molecule has 0 bridgehead atoms. The largest absolute Gasteiger partial charge is 1.00 e. The van der Waals surface area contributed by atoms with Crippen molar-refractivity contribution in [3.05, 3.63) is 209 Å². The molecular formula is C48H48O4P2Ru2S2. The van der Waals surface area contributed by atoms with E-state index in [1.165, 1.54) is 31.8 Å². The first-order valence-electron chi connectivity index (χ1n) is 17.0. The third-order valence-corrected chi connectivity index (χ3v) is 11.0. The summed E-state index contributed by atoms with van der Waals surface area (Å²) in [5.74, 6) is 0. The van der Waals surface area contributed by atoms with Gasteiger partial charge in [-0.25, -0.2) is 0 Å².